The fraction of sp³-hybridized carbons (Fsp3) is 0.458. The zero-order valence-electron chi connectivity index (χ0n) is 19.5. The molecule has 0 spiro atoms. The number of fused-ring (bicyclic) bond motifs is 3. The summed E-state index contributed by atoms with van der Waals surface area (Å²) in [4.78, 5) is 23.7. The largest absolute Gasteiger partial charge is 0.480 e. The van der Waals surface area contributed by atoms with E-state index in [1.165, 1.54) is 10.8 Å². The fourth-order valence-electron chi connectivity index (χ4n) is 4.90. The van der Waals surface area contributed by atoms with Gasteiger partial charge < -0.3 is 29.9 Å². The average Bonchev–Trinajstić information content (AvgIpc) is 3.67. The lowest BCUT2D eigenvalue weighted by atomic mass is 10.0. The molecular weight excluding hydrogens is 494 g/mol. The predicted molar refractivity (Wildman–Crippen MR) is 133 cm³/mol. The van der Waals surface area contributed by atoms with Crippen LogP contribution >= 0.6 is 11.6 Å². The van der Waals surface area contributed by atoms with Gasteiger partial charge in [0.05, 0.1) is 36.1 Å². The summed E-state index contributed by atoms with van der Waals surface area (Å²) in [5.74, 6) is -2.57. The molecule has 2 fully saturated rings. The number of aromatic nitrogens is 3. The van der Waals surface area contributed by atoms with Crippen LogP contribution in [0.1, 0.15) is 19.3 Å². The molecule has 6 rings (SSSR count). The summed E-state index contributed by atoms with van der Waals surface area (Å²) in [7, 11) is 1.58. The Bertz CT molecular complexity index is 1410. The highest BCUT2D eigenvalue weighted by atomic mass is 35.5. The lowest BCUT2D eigenvalue weighted by Gasteiger charge is -2.39. The van der Waals surface area contributed by atoms with Crippen molar-refractivity contribution in [2.24, 2.45) is 13.0 Å². The molecule has 0 radical (unpaired) electrons. The number of nitrogens with one attached hydrogen (secondary N) is 2. The summed E-state index contributed by atoms with van der Waals surface area (Å²) in [6.45, 7) is -0.0996. The van der Waals surface area contributed by atoms with Gasteiger partial charge in [0.2, 0.25) is 11.7 Å². The maximum absolute atomic E-state index is 14.9. The first-order valence-electron chi connectivity index (χ1n) is 11.9. The minimum atomic E-state index is -3.11. The van der Waals surface area contributed by atoms with Crippen LogP contribution in [0.2, 0.25) is 5.02 Å². The fourth-order valence-corrected chi connectivity index (χ4v) is 5.04. The monoisotopic (exact) mass is 518 g/mol. The van der Waals surface area contributed by atoms with Gasteiger partial charge in [-0.1, -0.05) is 11.6 Å². The van der Waals surface area contributed by atoms with E-state index in [9.17, 15) is 18.7 Å². The number of rotatable bonds is 5. The maximum atomic E-state index is 14.9. The lowest BCUT2D eigenvalue weighted by molar-refractivity contribution is -0.0579. The molecule has 4 heterocycles. The molecule has 3 N–H and O–H groups in total. The van der Waals surface area contributed by atoms with Gasteiger partial charge in [-0.25, -0.2) is 13.8 Å². The van der Waals surface area contributed by atoms with E-state index >= 15 is 0 Å². The first-order chi connectivity index (χ1) is 17.3. The number of aliphatic hydroxyl groups is 1. The number of benzene rings is 1. The third kappa shape index (κ3) is 3.81. The number of nitrogens with zero attached hydrogens (tertiary/aromatic N) is 4. The zero-order chi connectivity index (χ0) is 25.2. The minimum Gasteiger partial charge on any atom is -0.480 e. The van der Waals surface area contributed by atoms with Crippen molar-refractivity contribution in [1.82, 2.24) is 14.5 Å². The molecule has 1 aromatic carbocycles. The number of aryl methyl sites for hydroxylation is 1. The van der Waals surface area contributed by atoms with Crippen LogP contribution in [0.15, 0.2) is 29.2 Å². The highest BCUT2D eigenvalue weighted by molar-refractivity contribution is 6.33. The molecular formula is C24H25ClF2N6O3. The van der Waals surface area contributed by atoms with Gasteiger partial charge >= 0.3 is 5.92 Å². The van der Waals surface area contributed by atoms with E-state index in [-0.39, 0.29) is 30.0 Å². The lowest BCUT2D eigenvalue weighted by Crippen LogP contribution is -2.50. The van der Waals surface area contributed by atoms with E-state index in [1.54, 1.807) is 25.2 Å². The summed E-state index contributed by atoms with van der Waals surface area (Å²) in [5, 5.41) is 16.5. The SMILES string of the molecule is Cn1c(=O)c2c(c3cc(Nc4nc(N5CCC5CO)ncc4Cl)ccc31)N[C@@H](C1CC1)C(F)(F)CO2. The number of pyridine rings is 1. The number of ether oxygens (including phenoxy) is 1. The molecule has 3 aliphatic rings. The maximum Gasteiger partial charge on any atom is 0.301 e. The van der Waals surface area contributed by atoms with Crippen molar-refractivity contribution < 1.29 is 18.6 Å². The van der Waals surface area contributed by atoms with Crippen molar-refractivity contribution in [3.8, 4) is 5.75 Å². The second-order valence-electron chi connectivity index (χ2n) is 9.62. The van der Waals surface area contributed by atoms with E-state index in [0.717, 1.165) is 13.0 Å². The number of anilines is 4. The van der Waals surface area contributed by atoms with Gasteiger partial charge in [-0.15, -0.1) is 0 Å². The van der Waals surface area contributed by atoms with Crippen LogP contribution in [-0.4, -0.2) is 57.4 Å². The molecule has 1 aliphatic carbocycles. The molecule has 190 valence electrons. The summed E-state index contributed by atoms with van der Waals surface area (Å²) in [5.41, 5.74) is 0.958. The number of hydrogen-bond donors (Lipinski definition) is 3. The van der Waals surface area contributed by atoms with Gasteiger partial charge in [-0.2, -0.15) is 4.98 Å². The van der Waals surface area contributed by atoms with Crippen LogP contribution in [0.3, 0.4) is 0 Å². The second kappa shape index (κ2) is 8.45. The van der Waals surface area contributed by atoms with Crippen LogP contribution in [0.5, 0.6) is 5.75 Å². The van der Waals surface area contributed by atoms with Crippen molar-refractivity contribution in [1.29, 1.82) is 0 Å². The predicted octanol–water partition coefficient (Wildman–Crippen LogP) is 3.51. The Morgan fingerprint density at radius 2 is 2.14 bits per heavy atom. The van der Waals surface area contributed by atoms with Crippen molar-refractivity contribution in [3.63, 3.8) is 0 Å². The van der Waals surface area contributed by atoms with Crippen molar-refractivity contribution in [2.45, 2.75) is 37.3 Å². The van der Waals surface area contributed by atoms with Crippen LogP contribution < -0.4 is 25.8 Å². The Balaban J connectivity index is 1.40. The third-order valence-electron chi connectivity index (χ3n) is 7.22. The molecule has 2 aliphatic heterocycles. The van der Waals surface area contributed by atoms with Gasteiger partial charge in [-0.05, 0) is 43.4 Å². The molecule has 3 aromatic rings. The van der Waals surface area contributed by atoms with E-state index in [0.29, 0.717) is 46.2 Å². The Labute approximate surface area is 210 Å². The number of halogens is 3. The van der Waals surface area contributed by atoms with E-state index in [4.69, 9.17) is 16.3 Å². The zero-order valence-corrected chi connectivity index (χ0v) is 20.2. The summed E-state index contributed by atoms with van der Waals surface area (Å²) in [6.07, 6.45) is 3.77. The minimum absolute atomic E-state index is 0.0131. The van der Waals surface area contributed by atoms with Crippen LogP contribution in [0.4, 0.5) is 31.9 Å². The van der Waals surface area contributed by atoms with E-state index < -0.39 is 24.1 Å². The van der Waals surface area contributed by atoms with Crippen molar-refractivity contribution in [2.75, 3.05) is 35.3 Å². The Morgan fingerprint density at radius 1 is 1.33 bits per heavy atom. The molecule has 1 saturated carbocycles. The highest BCUT2D eigenvalue weighted by Gasteiger charge is 2.51. The van der Waals surface area contributed by atoms with Gasteiger partial charge in [0.15, 0.2) is 12.4 Å². The van der Waals surface area contributed by atoms with Crippen LogP contribution in [0.25, 0.3) is 10.9 Å². The summed E-state index contributed by atoms with van der Waals surface area (Å²) in [6, 6.07) is 4.12. The number of aliphatic hydroxyl groups excluding tert-OH is 1. The number of alkyl halides is 2. The van der Waals surface area contributed by atoms with Gasteiger partial charge in [0.1, 0.15) is 5.02 Å². The average molecular weight is 519 g/mol. The highest BCUT2D eigenvalue weighted by Crippen LogP contribution is 2.45. The molecule has 1 saturated heterocycles. The topological polar surface area (TPSA) is 105 Å². The molecule has 0 amide bonds. The first kappa shape index (κ1) is 23.2. The smallest absolute Gasteiger partial charge is 0.301 e. The van der Waals surface area contributed by atoms with Crippen molar-refractivity contribution >= 4 is 45.6 Å². The Morgan fingerprint density at radius 3 is 2.83 bits per heavy atom. The van der Waals surface area contributed by atoms with E-state index in [2.05, 4.69) is 20.6 Å². The molecule has 9 nitrogen and oxygen atoms in total. The molecule has 12 heteroatoms. The number of hydrogen-bond acceptors (Lipinski definition) is 8. The van der Waals surface area contributed by atoms with E-state index in [1.807, 2.05) is 4.90 Å². The molecule has 0 bridgehead atoms. The van der Waals surface area contributed by atoms with Gasteiger partial charge in [0, 0.05) is 24.7 Å². The van der Waals surface area contributed by atoms with Crippen molar-refractivity contribution in [3.05, 3.63) is 39.8 Å². The normalized spacial score (nSPS) is 22.8. The quantitative estimate of drug-likeness (QED) is 0.471. The first-order valence-corrected chi connectivity index (χ1v) is 12.3. The van der Waals surface area contributed by atoms with Gasteiger partial charge in [0.25, 0.3) is 5.56 Å². The summed E-state index contributed by atoms with van der Waals surface area (Å²) < 4.78 is 36.5. The molecule has 36 heavy (non-hydrogen) atoms. The Kier molecular flexibility index (Phi) is 5.45. The molecule has 1 unspecified atom stereocenters. The van der Waals surface area contributed by atoms with Crippen LogP contribution in [0, 0.1) is 5.92 Å². The standard InChI is InChI=1S/C24H25ClF2N6O3/c1-32-17-5-4-13(29-21-16(25)9-28-23(31-21)33-7-6-14(33)10-34)8-15(17)18-19(22(32)35)36-11-24(26,27)20(30-18)12-2-3-12/h4-5,8-9,12,14,20,30,34H,2-3,6-7,10-11H2,1H3,(H,28,29,31)/t14?,20-/m0/s1. The van der Waals surface area contributed by atoms with Crippen LogP contribution in [-0.2, 0) is 7.05 Å². The summed E-state index contributed by atoms with van der Waals surface area (Å²) >= 11 is 6.36. The molecule has 2 atom stereocenters. The Hall–Kier alpha value is -3.18. The van der Waals surface area contributed by atoms with Gasteiger partial charge in [-0.3, -0.25) is 4.79 Å². The third-order valence-corrected chi connectivity index (χ3v) is 7.49. The molecule has 2 aromatic heterocycles. The second-order valence-corrected chi connectivity index (χ2v) is 10.0.